The molecule has 0 bridgehead atoms. The number of esters is 4. The highest BCUT2D eigenvalue weighted by Crippen LogP contribution is 2.51. The van der Waals surface area contributed by atoms with Gasteiger partial charge in [-0.2, -0.15) is 0 Å². The summed E-state index contributed by atoms with van der Waals surface area (Å²) in [6.07, 6.45) is 7.18. The third-order valence-electron chi connectivity index (χ3n) is 8.79. The number of cyclic esters (lactones) is 4. The van der Waals surface area contributed by atoms with E-state index in [1.54, 1.807) is 36.4 Å². The van der Waals surface area contributed by atoms with Gasteiger partial charge in [-0.05, 0) is 85.1 Å². The number of carbonyl (C=O) groups is 5. The molecule has 6 rings (SSSR count). The standard InChI is InChI=1S/C37H34O9/c38-32(24-8-4-3-5-9-24)17-12-23-10-13-25(14-11-23)43-18-6-1-2-7-19-44-26-15-16-27-28(30-22-33(39)45-35(30)40)21-31-34(29(27)20-26)37(42)46-36(31)41/h3-5,8-17,20,28,30-31,34H,1-2,6-7,18-19,21-22H2/b17-12+. The molecule has 0 radical (unpaired) electrons. The molecule has 1 aliphatic carbocycles. The molecule has 0 saturated carbocycles. The molecule has 4 atom stereocenters. The number of fused-ring (bicyclic) bond motifs is 3. The van der Waals surface area contributed by atoms with Gasteiger partial charge in [-0.25, -0.2) is 0 Å². The fourth-order valence-electron chi connectivity index (χ4n) is 6.43. The van der Waals surface area contributed by atoms with Crippen molar-refractivity contribution < 1.29 is 42.9 Å². The molecule has 0 N–H and O–H groups in total. The van der Waals surface area contributed by atoms with Crippen LogP contribution in [0, 0.1) is 11.8 Å². The number of rotatable bonds is 13. The van der Waals surface area contributed by atoms with Gasteiger partial charge in [0.05, 0.1) is 37.4 Å². The monoisotopic (exact) mass is 622 g/mol. The van der Waals surface area contributed by atoms with Crippen LogP contribution in [0.4, 0.5) is 0 Å². The minimum atomic E-state index is -0.744. The summed E-state index contributed by atoms with van der Waals surface area (Å²) in [5, 5.41) is 0. The summed E-state index contributed by atoms with van der Waals surface area (Å²) in [6.45, 7) is 1.07. The van der Waals surface area contributed by atoms with E-state index in [0.717, 1.165) is 42.6 Å². The Morgan fingerprint density at radius 1 is 0.696 bits per heavy atom. The van der Waals surface area contributed by atoms with Crippen molar-refractivity contribution in [3.8, 4) is 11.5 Å². The third-order valence-corrected chi connectivity index (χ3v) is 8.79. The molecule has 3 aromatic carbocycles. The molecular formula is C37H34O9. The molecular weight excluding hydrogens is 588 g/mol. The van der Waals surface area contributed by atoms with E-state index in [4.69, 9.17) is 18.9 Å². The molecule has 3 aromatic rings. The Morgan fingerprint density at radius 2 is 1.37 bits per heavy atom. The summed E-state index contributed by atoms with van der Waals surface area (Å²) in [6, 6.07) is 22.1. The first-order valence-corrected chi connectivity index (χ1v) is 15.6. The van der Waals surface area contributed by atoms with Crippen LogP contribution in [0.1, 0.15) is 77.4 Å². The Bertz CT molecular complexity index is 1660. The van der Waals surface area contributed by atoms with Gasteiger partial charge in [0.25, 0.3) is 0 Å². The first kappa shape index (κ1) is 31.0. The SMILES string of the molecule is O=C1CC(C2CC3C(=O)OC(=O)C3c3cc(OCCCCCCOc4ccc(/C=C/C(=O)c5ccccc5)cc4)ccc32)C(=O)O1. The van der Waals surface area contributed by atoms with E-state index < -0.39 is 47.5 Å². The van der Waals surface area contributed by atoms with E-state index in [1.165, 1.54) is 0 Å². The lowest BCUT2D eigenvalue weighted by molar-refractivity contribution is -0.155. The molecule has 2 saturated heterocycles. The first-order chi connectivity index (χ1) is 22.4. The van der Waals surface area contributed by atoms with Gasteiger partial charge in [0.15, 0.2) is 5.78 Å². The summed E-state index contributed by atoms with van der Waals surface area (Å²) in [5.41, 5.74) is 2.94. The van der Waals surface area contributed by atoms with Gasteiger partial charge in [-0.3, -0.25) is 24.0 Å². The maximum Gasteiger partial charge on any atom is 0.321 e. The van der Waals surface area contributed by atoms with Crippen LogP contribution in [-0.2, 0) is 28.7 Å². The van der Waals surface area contributed by atoms with Crippen molar-refractivity contribution >= 4 is 35.7 Å². The van der Waals surface area contributed by atoms with Gasteiger partial charge in [-0.1, -0.05) is 54.6 Å². The van der Waals surface area contributed by atoms with Crippen molar-refractivity contribution in [2.45, 2.75) is 50.4 Å². The van der Waals surface area contributed by atoms with Crippen molar-refractivity contribution in [1.82, 2.24) is 0 Å². The van der Waals surface area contributed by atoms with Gasteiger partial charge < -0.3 is 18.9 Å². The first-order valence-electron chi connectivity index (χ1n) is 15.6. The highest BCUT2D eigenvalue weighted by atomic mass is 16.6. The van der Waals surface area contributed by atoms with Gasteiger partial charge in [0.1, 0.15) is 11.5 Å². The van der Waals surface area contributed by atoms with E-state index in [2.05, 4.69) is 0 Å². The molecule has 2 fully saturated rings. The molecule has 2 aliphatic heterocycles. The molecule has 236 valence electrons. The van der Waals surface area contributed by atoms with Gasteiger partial charge in [-0.15, -0.1) is 0 Å². The quantitative estimate of drug-likeness (QED) is 0.0747. The summed E-state index contributed by atoms with van der Waals surface area (Å²) in [7, 11) is 0. The highest BCUT2D eigenvalue weighted by molar-refractivity contribution is 6.06. The minimum Gasteiger partial charge on any atom is -0.494 e. The van der Waals surface area contributed by atoms with Crippen LogP contribution in [-0.4, -0.2) is 42.9 Å². The zero-order chi connectivity index (χ0) is 32.0. The van der Waals surface area contributed by atoms with Crippen LogP contribution >= 0.6 is 0 Å². The van der Waals surface area contributed by atoms with E-state index in [1.807, 2.05) is 48.5 Å². The zero-order valence-corrected chi connectivity index (χ0v) is 25.2. The van der Waals surface area contributed by atoms with E-state index in [-0.39, 0.29) is 18.6 Å². The molecule has 9 heteroatoms. The topological polar surface area (TPSA) is 122 Å². The molecule has 2 heterocycles. The number of allylic oxidation sites excluding steroid dienone is 1. The summed E-state index contributed by atoms with van der Waals surface area (Å²) >= 11 is 0. The van der Waals surface area contributed by atoms with Crippen molar-refractivity contribution in [2.75, 3.05) is 13.2 Å². The Hall–Kier alpha value is -5.05. The predicted molar refractivity (Wildman–Crippen MR) is 166 cm³/mol. The second-order valence-electron chi connectivity index (χ2n) is 11.8. The Labute approximate surface area is 266 Å². The van der Waals surface area contributed by atoms with Crippen LogP contribution < -0.4 is 9.47 Å². The van der Waals surface area contributed by atoms with E-state index >= 15 is 0 Å². The lowest BCUT2D eigenvalue weighted by Crippen LogP contribution is -2.31. The Morgan fingerprint density at radius 3 is 2.07 bits per heavy atom. The number of hydrogen-bond donors (Lipinski definition) is 0. The second-order valence-corrected chi connectivity index (χ2v) is 11.8. The number of carbonyl (C=O) groups excluding carboxylic acids is 5. The van der Waals surface area contributed by atoms with Crippen molar-refractivity contribution in [2.24, 2.45) is 11.8 Å². The maximum absolute atomic E-state index is 12.6. The number of unbranched alkanes of at least 4 members (excludes halogenated alkanes) is 3. The van der Waals surface area contributed by atoms with Gasteiger partial charge in [0, 0.05) is 5.56 Å². The fraction of sp³-hybridized carbons (Fsp3) is 0.324. The number of benzene rings is 3. The normalized spacial score (nSPS) is 21.9. The summed E-state index contributed by atoms with van der Waals surface area (Å²) < 4.78 is 21.6. The Balaban J connectivity index is 0.938. The lowest BCUT2D eigenvalue weighted by Gasteiger charge is -2.33. The maximum atomic E-state index is 12.6. The van der Waals surface area contributed by atoms with Crippen LogP contribution in [0.25, 0.3) is 6.08 Å². The van der Waals surface area contributed by atoms with Crippen LogP contribution in [0.3, 0.4) is 0 Å². The molecule has 0 amide bonds. The molecule has 9 nitrogen and oxygen atoms in total. The summed E-state index contributed by atoms with van der Waals surface area (Å²) in [5.74, 6) is -3.61. The van der Waals surface area contributed by atoms with E-state index in [0.29, 0.717) is 30.1 Å². The average Bonchev–Trinajstić information content (AvgIpc) is 3.56. The van der Waals surface area contributed by atoms with Gasteiger partial charge in [0.2, 0.25) is 0 Å². The molecule has 0 aromatic heterocycles. The molecule has 3 aliphatic rings. The largest absolute Gasteiger partial charge is 0.494 e. The van der Waals surface area contributed by atoms with Crippen molar-refractivity contribution in [1.29, 1.82) is 0 Å². The predicted octanol–water partition coefficient (Wildman–Crippen LogP) is 5.96. The molecule has 4 unspecified atom stereocenters. The summed E-state index contributed by atoms with van der Waals surface area (Å²) in [4.78, 5) is 61.4. The number of hydrogen-bond acceptors (Lipinski definition) is 9. The minimum absolute atomic E-state index is 0.0393. The lowest BCUT2D eigenvalue weighted by atomic mass is 9.67. The van der Waals surface area contributed by atoms with E-state index in [9.17, 15) is 24.0 Å². The highest BCUT2D eigenvalue weighted by Gasteiger charge is 2.53. The van der Waals surface area contributed by atoms with Crippen molar-refractivity contribution in [3.05, 3.63) is 101 Å². The smallest absolute Gasteiger partial charge is 0.321 e. The number of ketones is 1. The molecule has 46 heavy (non-hydrogen) atoms. The number of ether oxygens (including phenoxy) is 4. The second kappa shape index (κ2) is 13.9. The third kappa shape index (κ3) is 6.93. The van der Waals surface area contributed by atoms with Crippen LogP contribution in [0.15, 0.2) is 78.9 Å². The van der Waals surface area contributed by atoms with Crippen LogP contribution in [0.5, 0.6) is 11.5 Å². The average molecular weight is 623 g/mol. The Kier molecular flexibility index (Phi) is 9.38. The molecule has 0 spiro atoms. The zero-order valence-electron chi connectivity index (χ0n) is 25.2. The van der Waals surface area contributed by atoms with Crippen molar-refractivity contribution in [3.63, 3.8) is 0 Å². The fourth-order valence-corrected chi connectivity index (χ4v) is 6.43. The van der Waals surface area contributed by atoms with Gasteiger partial charge >= 0.3 is 23.9 Å². The van der Waals surface area contributed by atoms with Crippen LogP contribution in [0.2, 0.25) is 0 Å².